The highest BCUT2D eigenvalue weighted by molar-refractivity contribution is 5.91. The fourth-order valence-electron chi connectivity index (χ4n) is 2.13. The van der Waals surface area contributed by atoms with E-state index in [-0.39, 0.29) is 5.76 Å². The zero-order chi connectivity index (χ0) is 14.0. The number of nitrogens with one attached hydrogen (secondary N) is 1. The summed E-state index contributed by atoms with van der Waals surface area (Å²) in [4.78, 5) is 11.8. The molecule has 1 aromatic rings. The van der Waals surface area contributed by atoms with E-state index >= 15 is 0 Å². The molecule has 0 aromatic carbocycles. The van der Waals surface area contributed by atoms with Crippen LogP contribution in [0.25, 0.3) is 0 Å². The number of aliphatic hydroxyl groups is 3. The standard InChI is InChI=1S/C12H17NO6/c1-6-9(11(16)10(15)8(5-14)19-6)13-12(17)7-3-2-4-18-7/h2-4,6,8-11,14-16H,5H2,1H3,(H,13,17)/t6-,8+,9-,10-,11+/m0/s1. The van der Waals surface area contributed by atoms with Crippen LogP contribution < -0.4 is 5.32 Å². The van der Waals surface area contributed by atoms with Crippen molar-refractivity contribution < 1.29 is 29.3 Å². The molecule has 7 nitrogen and oxygen atoms in total. The van der Waals surface area contributed by atoms with Crippen molar-refractivity contribution in [3.8, 4) is 0 Å². The van der Waals surface area contributed by atoms with E-state index in [4.69, 9.17) is 14.3 Å². The molecule has 0 spiro atoms. The third-order valence-corrected chi connectivity index (χ3v) is 3.22. The molecule has 5 atom stereocenters. The fourth-order valence-corrected chi connectivity index (χ4v) is 2.13. The largest absolute Gasteiger partial charge is 0.459 e. The Morgan fingerprint density at radius 2 is 2.16 bits per heavy atom. The molecule has 4 N–H and O–H groups in total. The van der Waals surface area contributed by atoms with Gasteiger partial charge in [0.05, 0.1) is 25.0 Å². The maximum absolute atomic E-state index is 11.8. The highest BCUT2D eigenvalue weighted by Gasteiger charge is 2.43. The number of hydrogen-bond acceptors (Lipinski definition) is 6. The summed E-state index contributed by atoms with van der Waals surface area (Å²) in [6.07, 6.45) is -2.53. The smallest absolute Gasteiger partial charge is 0.287 e. The van der Waals surface area contributed by atoms with E-state index in [1.54, 1.807) is 13.0 Å². The second-order valence-electron chi connectivity index (χ2n) is 4.52. The van der Waals surface area contributed by atoms with Gasteiger partial charge in [0.15, 0.2) is 5.76 Å². The van der Waals surface area contributed by atoms with Crippen LogP contribution in [0.1, 0.15) is 17.5 Å². The molecule has 19 heavy (non-hydrogen) atoms. The van der Waals surface area contributed by atoms with Crippen LogP contribution in [0.5, 0.6) is 0 Å². The Labute approximate surface area is 109 Å². The van der Waals surface area contributed by atoms with Gasteiger partial charge in [-0.25, -0.2) is 0 Å². The SMILES string of the molecule is C[C@@H]1O[C@H](CO)[C@H](O)[C@H](O)[C@H]1NC(=O)c1ccco1. The maximum Gasteiger partial charge on any atom is 0.287 e. The Balaban J connectivity index is 2.05. The minimum atomic E-state index is -1.26. The van der Waals surface area contributed by atoms with Gasteiger partial charge >= 0.3 is 0 Å². The van der Waals surface area contributed by atoms with E-state index in [9.17, 15) is 15.0 Å². The summed E-state index contributed by atoms with van der Waals surface area (Å²) in [6.45, 7) is 1.24. The molecule has 1 aromatic heterocycles. The molecule has 0 saturated carbocycles. The van der Waals surface area contributed by atoms with Crippen LogP contribution in [-0.4, -0.2) is 58.3 Å². The van der Waals surface area contributed by atoms with Gasteiger partial charge in [0, 0.05) is 0 Å². The van der Waals surface area contributed by atoms with Crippen LogP contribution in [0.2, 0.25) is 0 Å². The van der Waals surface area contributed by atoms with E-state index in [0.717, 1.165) is 0 Å². The van der Waals surface area contributed by atoms with Gasteiger partial charge < -0.3 is 29.8 Å². The van der Waals surface area contributed by atoms with Crippen molar-refractivity contribution in [3.05, 3.63) is 24.2 Å². The first-order valence-corrected chi connectivity index (χ1v) is 6.01. The summed E-state index contributed by atoms with van der Waals surface area (Å²) >= 11 is 0. The lowest BCUT2D eigenvalue weighted by Crippen LogP contribution is -2.63. The molecule has 2 rings (SSSR count). The normalized spacial score (nSPS) is 35.1. The van der Waals surface area contributed by atoms with Gasteiger partial charge in [-0.05, 0) is 19.1 Å². The summed E-state index contributed by atoms with van der Waals surface area (Å²) in [5.41, 5.74) is 0. The van der Waals surface area contributed by atoms with E-state index in [1.165, 1.54) is 12.3 Å². The van der Waals surface area contributed by atoms with Crippen molar-refractivity contribution in [1.82, 2.24) is 5.32 Å². The molecule has 1 saturated heterocycles. The number of ether oxygens (including phenoxy) is 1. The Morgan fingerprint density at radius 3 is 2.74 bits per heavy atom. The third-order valence-electron chi connectivity index (χ3n) is 3.22. The van der Waals surface area contributed by atoms with Crippen LogP contribution in [-0.2, 0) is 4.74 Å². The van der Waals surface area contributed by atoms with E-state index in [0.29, 0.717) is 0 Å². The molecular formula is C12H17NO6. The fraction of sp³-hybridized carbons (Fsp3) is 0.583. The Kier molecular flexibility index (Phi) is 4.20. The number of amides is 1. The first kappa shape index (κ1) is 14.0. The number of carbonyl (C=O) groups is 1. The highest BCUT2D eigenvalue weighted by atomic mass is 16.5. The molecule has 1 aliphatic heterocycles. The molecular weight excluding hydrogens is 254 g/mol. The Bertz CT molecular complexity index is 420. The molecule has 106 valence electrons. The van der Waals surface area contributed by atoms with Crippen molar-refractivity contribution in [2.45, 2.75) is 37.4 Å². The zero-order valence-corrected chi connectivity index (χ0v) is 10.4. The molecule has 0 unspecified atom stereocenters. The van der Waals surface area contributed by atoms with Gasteiger partial charge in [-0.2, -0.15) is 0 Å². The first-order chi connectivity index (χ1) is 9.04. The lowest BCUT2D eigenvalue weighted by atomic mass is 9.93. The molecule has 1 amide bonds. The van der Waals surface area contributed by atoms with Crippen LogP contribution >= 0.6 is 0 Å². The summed E-state index contributed by atoms with van der Waals surface area (Å²) < 4.78 is 10.3. The van der Waals surface area contributed by atoms with Crippen molar-refractivity contribution >= 4 is 5.91 Å². The van der Waals surface area contributed by atoms with E-state index in [2.05, 4.69) is 5.32 Å². The minimum absolute atomic E-state index is 0.109. The second kappa shape index (κ2) is 5.70. The van der Waals surface area contributed by atoms with Crippen molar-refractivity contribution in [1.29, 1.82) is 0 Å². The average molecular weight is 271 g/mol. The summed E-state index contributed by atoms with van der Waals surface area (Å²) in [6, 6.07) is 2.28. The molecule has 0 radical (unpaired) electrons. The molecule has 1 fully saturated rings. The molecule has 0 aliphatic carbocycles. The number of furan rings is 1. The summed E-state index contributed by atoms with van der Waals surface area (Å²) in [5.74, 6) is -0.391. The van der Waals surface area contributed by atoms with Gasteiger partial charge in [0.1, 0.15) is 18.3 Å². The van der Waals surface area contributed by atoms with Gasteiger partial charge in [-0.1, -0.05) is 0 Å². The summed E-state index contributed by atoms with van der Waals surface area (Å²) in [7, 11) is 0. The predicted octanol–water partition coefficient (Wildman–Crippen LogP) is -1.12. The zero-order valence-electron chi connectivity index (χ0n) is 10.4. The van der Waals surface area contributed by atoms with Gasteiger partial charge in [-0.3, -0.25) is 4.79 Å². The van der Waals surface area contributed by atoms with Crippen molar-refractivity contribution in [2.75, 3.05) is 6.61 Å². The average Bonchev–Trinajstić information content (AvgIpc) is 2.92. The van der Waals surface area contributed by atoms with Crippen LogP contribution in [0.4, 0.5) is 0 Å². The Morgan fingerprint density at radius 1 is 1.42 bits per heavy atom. The van der Waals surface area contributed by atoms with Crippen LogP contribution in [0, 0.1) is 0 Å². The molecule has 7 heteroatoms. The van der Waals surface area contributed by atoms with Crippen LogP contribution in [0.3, 0.4) is 0 Å². The number of carbonyl (C=O) groups excluding carboxylic acids is 1. The monoisotopic (exact) mass is 271 g/mol. The predicted molar refractivity (Wildman–Crippen MR) is 63.4 cm³/mol. The second-order valence-corrected chi connectivity index (χ2v) is 4.52. The number of hydrogen-bond donors (Lipinski definition) is 4. The van der Waals surface area contributed by atoms with Crippen LogP contribution in [0.15, 0.2) is 22.8 Å². The van der Waals surface area contributed by atoms with E-state index in [1.807, 2.05) is 0 Å². The van der Waals surface area contributed by atoms with Gasteiger partial charge in [-0.15, -0.1) is 0 Å². The lowest BCUT2D eigenvalue weighted by Gasteiger charge is -2.41. The maximum atomic E-state index is 11.8. The molecule has 2 heterocycles. The Hall–Kier alpha value is -1.41. The number of aliphatic hydroxyl groups excluding tert-OH is 3. The first-order valence-electron chi connectivity index (χ1n) is 6.01. The molecule has 0 bridgehead atoms. The quantitative estimate of drug-likeness (QED) is 0.554. The van der Waals surface area contributed by atoms with Gasteiger partial charge in [0.2, 0.25) is 0 Å². The minimum Gasteiger partial charge on any atom is -0.459 e. The van der Waals surface area contributed by atoms with Crippen molar-refractivity contribution in [3.63, 3.8) is 0 Å². The highest BCUT2D eigenvalue weighted by Crippen LogP contribution is 2.21. The van der Waals surface area contributed by atoms with E-state index < -0.39 is 43.0 Å². The van der Waals surface area contributed by atoms with Crippen molar-refractivity contribution in [2.24, 2.45) is 0 Å². The molecule has 1 aliphatic rings. The topological polar surface area (TPSA) is 112 Å². The van der Waals surface area contributed by atoms with Gasteiger partial charge in [0.25, 0.3) is 5.91 Å². The lowest BCUT2D eigenvalue weighted by molar-refractivity contribution is -0.187. The third kappa shape index (κ3) is 2.79. The number of rotatable bonds is 3. The summed E-state index contributed by atoms with van der Waals surface area (Å²) in [5, 5.41) is 31.3.